The number of thiophene rings is 1. The third kappa shape index (κ3) is 1.80. The molecule has 0 unspecified atom stereocenters. The molecule has 1 aromatic rings. The highest BCUT2D eigenvalue weighted by Crippen LogP contribution is 2.27. The maximum absolute atomic E-state index is 5.83. The average Bonchev–Trinajstić information content (AvgIpc) is 2.54. The Morgan fingerprint density at radius 1 is 1.58 bits per heavy atom. The van der Waals surface area contributed by atoms with Gasteiger partial charge in [-0.15, -0.1) is 11.3 Å². The monoisotopic (exact) mass is 203 g/mol. The number of nitrogens with one attached hydrogen (secondary N) is 1. The van der Waals surface area contributed by atoms with Crippen LogP contribution in [0.2, 0.25) is 4.34 Å². The largest absolute Gasteiger partial charge is 0.378 e. The zero-order chi connectivity index (χ0) is 8.39. The Kier molecular flexibility index (Phi) is 2.66. The number of rotatable bonds is 1. The Morgan fingerprint density at radius 2 is 2.50 bits per heavy atom. The highest BCUT2D eigenvalue weighted by atomic mass is 35.5. The molecule has 1 aliphatic heterocycles. The van der Waals surface area contributed by atoms with Crippen molar-refractivity contribution in [2.24, 2.45) is 0 Å². The minimum Gasteiger partial charge on any atom is -0.378 e. The molecule has 1 aromatic heterocycles. The summed E-state index contributed by atoms with van der Waals surface area (Å²) in [6, 6.07) is 4.33. The molecule has 0 radical (unpaired) electrons. The van der Waals surface area contributed by atoms with Gasteiger partial charge in [0.2, 0.25) is 0 Å². The van der Waals surface area contributed by atoms with Crippen molar-refractivity contribution in [2.45, 2.75) is 6.04 Å². The fourth-order valence-electron chi connectivity index (χ4n) is 1.26. The fourth-order valence-corrected chi connectivity index (χ4v) is 2.38. The third-order valence-electron chi connectivity index (χ3n) is 1.86. The lowest BCUT2D eigenvalue weighted by molar-refractivity contribution is 0.0779. The van der Waals surface area contributed by atoms with Gasteiger partial charge in [0.05, 0.1) is 23.6 Å². The summed E-state index contributed by atoms with van der Waals surface area (Å²) in [5, 5.41) is 3.38. The number of ether oxygens (including phenoxy) is 1. The van der Waals surface area contributed by atoms with Gasteiger partial charge in [-0.1, -0.05) is 11.6 Å². The average molecular weight is 204 g/mol. The van der Waals surface area contributed by atoms with Crippen molar-refractivity contribution in [3.8, 4) is 0 Å². The molecular weight excluding hydrogens is 194 g/mol. The molecule has 1 N–H and O–H groups in total. The number of halogens is 1. The molecule has 0 amide bonds. The highest BCUT2D eigenvalue weighted by molar-refractivity contribution is 7.16. The summed E-state index contributed by atoms with van der Waals surface area (Å²) in [6.45, 7) is 2.51. The molecule has 2 nitrogen and oxygen atoms in total. The van der Waals surface area contributed by atoms with Crippen LogP contribution >= 0.6 is 22.9 Å². The molecule has 0 aromatic carbocycles. The van der Waals surface area contributed by atoms with Gasteiger partial charge < -0.3 is 10.1 Å². The van der Waals surface area contributed by atoms with E-state index in [1.54, 1.807) is 11.3 Å². The van der Waals surface area contributed by atoms with Gasteiger partial charge in [-0.3, -0.25) is 0 Å². The minimum atomic E-state index is 0.344. The van der Waals surface area contributed by atoms with Gasteiger partial charge in [-0.05, 0) is 12.1 Å². The first-order chi connectivity index (χ1) is 5.86. The van der Waals surface area contributed by atoms with Crippen molar-refractivity contribution < 1.29 is 4.74 Å². The molecule has 0 aliphatic carbocycles. The molecule has 0 spiro atoms. The highest BCUT2D eigenvalue weighted by Gasteiger charge is 2.16. The number of morpholine rings is 1. The van der Waals surface area contributed by atoms with Gasteiger partial charge in [0.25, 0.3) is 0 Å². The zero-order valence-corrected chi connectivity index (χ0v) is 8.12. The summed E-state index contributed by atoms with van der Waals surface area (Å²) in [5.41, 5.74) is 0. The van der Waals surface area contributed by atoms with Crippen LogP contribution in [-0.2, 0) is 4.74 Å². The Hall–Kier alpha value is -0.0900. The summed E-state index contributed by atoms with van der Waals surface area (Å²) < 4.78 is 6.19. The van der Waals surface area contributed by atoms with E-state index in [-0.39, 0.29) is 0 Å². The van der Waals surface area contributed by atoms with E-state index in [0.717, 1.165) is 24.1 Å². The van der Waals surface area contributed by atoms with E-state index in [9.17, 15) is 0 Å². The van der Waals surface area contributed by atoms with Crippen LogP contribution in [0, 0.1) is 0 Å². The minimum absolute atomic E-state index is 0.344. The van der Waals surface area contributed by atoms with Crippen LogP contribution in [0.4, 0.5) is 0 Å². The molecule has 66 valence electrons. The lowest BCUT2D eigenvalue weighted by Gasteiger charge is -2.22. The molecular formula is C8H10ClNOS. The van der Waals surface area contributed by atoms with Crippen LogP contribution < -0.4 is 5.32 Å². The van der Waals surface area contributed by atoms with Gasteiger partial charge >= 0.3 is 0 Å². The van der Waals surface area contributed by atoms with E-state index in [2.05, 4.69) is 11.4 Å². The van der Waals surface area contributed by atoms with Crippen molar-refractivity contribution in [1.82, 2.24) is 5.32 Å². The molecule has 1 fully saturated rings. The van der Waals surface area contributed by atoms with Crippen molar-refractivity contribution in [3.63, 3.8) is 0 Å². The molecule has 12 heavy (non-hydrogen) atoms. The first-order valence-electron chi connectivity index (χ1n) is 3.92. The summed E-state index contributed by atoms with van der Waals surface area (Å²) in [4.78, 5) is 1.26. The van der Waals surface area contributed by atoms with Crippen molar-refractivity contribution in [2.75, 3.05) is 19.8 Å². The van der Waals surface area contributed by atoms with E-state index < -0.39 is 0 Å². The SMILES string of the molecule is Clc1ccc([C@H]2COCCN2)s1. The Labute approximate surface area is 80.5 Å². The molecule has 1 aliphatic rings. The van der Waals surface area contributed by atoms with Gasteiger partial charge in [0, 0.05) is 11.4 Å². The number of hydrogen-bond donors (Lipinski definition) is 1. The van der Waals surface area contributed by atoms with E-state index in [1.807, 2.05) is 6.07 Å². The Morgan fingerprint density at radius 3 is 3.08 bits per heavy atom. The third-order valence-corrected chi connectivity index (χ3v) is 3.20. The van der Waals surface area contributed by atoms with Crippen LogP contribution in [0.3, 0.4) is 0 Å². The summed E-state index contributed by atoms with van der Waals surface area (Å²) in [7, 11) is 0. The molecule has 2 rings (SSSR count). The Balaban J connectivity index is 2.08. The number of hydrogen-bond acceptors (Lipinski definition) is 3. The molecule has 4 heteroatoms. The second-order valence-electron chi connectivity index (χ2n) is 2.72. The normalized spacial score (nSPS) is 24.2. The maximum Gasteiger partial charge on any atom is 0.0931 e. The molecule has 1 atom stereocenters. The van der Waals surface area contributed by atoms with Crippen molar-refractivity contribution in [3.05, 3.63) is 21.3 Å². The van der Waals surface area contributed by atoms with Crippen LogP contribution in [0.25, 0.3) is 0 Å². The lowest BCUT2D eigenvalue weighted by Crippen LogP contribution is -2.33. The predicted octanol–water partition coefficient (Wildman–Crippen LogP) is 2.06. The van der Waals surface area contributed by atoms with Crippen molar-refractivity contribution in [1.29, 1.82) is 0 Å². The molecule has 1 saturated heterocycles. The summed E-state index contributed by atoms with van der Waals surface area (Å²) in [5.74, 6) is 0. The van der Waals surface area contributed by atoms with Crippen LogP contribution in [0.5, 0.6) is 0 Å². The van der Waals surface area contributed by atoms with E-state index >= 15 is 0 Å². The maximum atomic E-state index is 5.83. The molecule has 0 saturated carbocycles. The fraction of sp³-hybridized carbons (Fsp3) is 0.500. The van der Waals surface area contributed by atoms with E-state index in [1.165, 1.54) is 4.88 Å². The first-order valence-corrected chi connectivity index (χ1v) is 5.12. The zero-order valence-electron chi connectivity index (χ0n) is 6.55. The second-order valence-corrected chi connectivity index (χ2v) is 4.47. The standard InChI is InChI=1S/C8H10ClNOS/c9-8-2-1-7(12-8)6-5-11-4-3-10-6/h1-2,6,10H,3-5H2/t6-/m1/s1. The summed E-state index contributed by atoms with van der Waals surface area (Å²) >= 11 is 7.45. The van der Waals surface area contributed by atoms with Crippen LogP contribution in [-0.4, -0.2) is 19.8 Å². The van der Waals surface area contributed by atoms with E-state index in [4.69, 9.17) is 16.3 Å². The Bertz CT molecular complexity index is 257. The van der Waals surface area contributed by atoms with Crippen LogP contribution in [0.1, 0.15) is 10.9 Å². The molecule has 2 heterocycles. The lowest BCUT2D eigenvalue weighted by atomic mass is 10.2. The first kappa shape index (κ1) is 8.51. The smallest absolute Gasteiger partial charge is 0.0931 e. The van der Waals surface area contributed by atoms with Gasteiger partial charge in [0.1, 0.15) is 0 Å². The predicted molar refractivity (Wildman–Crippen MR) is 50.9 cm³/mol. The topological polar surface area (TPSA) is 21.3 Å². The van der Waals surface area contributed by atoms with Gasteiger partial charge in [-0.2, -0.15) is 0 Å². The second kappa shape index (κ2) is 3.75. The van der Waals surface area contributed by atoms with Gasteiger partial charge in [0.15, 0.2) is 0 Å². The van der Waals surface area contributed by atoms with Crippen LogP contribution in [0.15, 0.2) is 12.1 Å². The van der Waals surface area contributed by atoms with Gasteiger partial charge in [-0.25, -0.2) is 0 Å². The quantitative estimate of drug-likeness (QED) is 0.755. The van der Waals surface area contributed by atoms with Crippen molar-refractivity contribution >= 4 is 22.9 Å². The van der Waals surface area contributed by atoms with E-state index in [0.29, 0.717) is 6.04 Å². The molecule has 0 bridgehead atoms. The summed E-state index contributed by atoms with van der Waals surface area (Å²) in [6.07, 6.45) is 0.